The van der Waals surface area contributed by atoms with Crippen LogP contribution < -0.4 is 10.5 Å². The first kappa shape index (κ1) is 20.1. The van der Waals surface area contributed by atoms with E-state index in [0.717, 1.165) is 0 Å². The monoisotopic (exact) mass is 500 g/mol. The van der Waals surface area contributed by atoms with Crippen molar-refractivity contribution in [1.82, 2.24) is 0 Å². The molecule has 0 aliphatic rings. The van der Waals surface area contributed by atoms with Crippen LogP contribution in [0.2, 0.25) is 0 Å². The van der Waals surface area contributed by atoms with Gasteiger partial charge in [0.25, 0.3) is 0 Å². The number of nitrogen functional groups attached to an aromatic ring is 1. The van der Waals surface area contributed by atoms with Crippen molar-refractivity contribution in [3.63, 3.8) is 0 Å². The van der Waals surface area contributed by atoms with E-state index < -0.39 is 15.5 Å². The molecule has 0 radical (unpaired) electrons. The first-order valence-corrected chi connectivity index (χ1v) is 9.87. The second-order valence-corrected chi connectivity index (χ2v) is 8.67. The molecule has 2 aromatic rings. The van der Waals surface area contributed by atoms with Crippen LogP contribution in [-0.4, -0.2) is 13.9 Å². The van der Waals surface area contributed by atoms with E-state index in [4.69, 9.17) is 5.73 Å². The highest BCUT2D eigenvalue weighted by Gasteiger charge is 2.46. The number of rotatable bonds is 3. The average molecular weight is 502 g/mol. The Bertz CT molecular complexity index is 945. The van der Waals surface area contributed by atoms with Crippen molar-refractivity contribution in [3.05, 3.63) is 44.3 Å². The standard InChI is InChI=1S/C15H13Br2F3N2O2S/c1-7-9(16)3-5-11(21)13(7)14-8(2)10(17)4-6-12(14)22-25(23,24)15(18,19)20/h3-6,22H,21H2,1-2H3. The van der Waals surface area contributed by atoms with E-state index in [-0.39, 0.29) is 11.3 Å². The van der Waals surface area contributed by atoms with Gasteiger partial charge in [-0.1, -0.05) is 31.9 Å². The number of sulfonamides is 1. The Balaban J connectivity index is 2.80. The van der Waals surface area contributed by atoms with Gasteiger partial charge in [-0.2, -0.15) is 21.6 Å². The van der Waals surface area contributed by atoms with Crippen molar-refractivity contribution >= 4 is 53.3 Å². The molecule has 10 heteroatoms. The van der Waals surface area contributed by atoms with E-state index in [2.05, 4.69) is 31.9 Å². The van der Waals surface area contributed by atoms with Gasteiger partial charge >= 0.3 is 15.5 Å². The van der Waals surface area contributed by atoms with E-state index >= 15 is 0 Å². The summed E-state index contributed by atoms with van der Waals surface area (Å²) >= 11 is 6.66. The molecule has 0 fully saturated rings. The summed E-state index contributed by atoms with van der Waals surface area (Å²) in [4.78, 5) is 0. The molecule has 0 atom stereocenters. The largest absolute Gasteiger partial charge is 0.516 e. The van der Waals surface area contributed by atoms with Crippen LogP contribution in [0.1, 0.15) is 11.1 Å². The fourth-order valence-electron chi connectivity index (χ4n) is 2.34. The summed E-state index contributed by atoms with van der Waals surface area (Å²) in [7, 11) is -5.56. The van der Waals surface area contributed by atoms with Gasteiger partial charge in [-0.25, -0.2) is 0 Å². The van der Waals surface area contributed by atoms with Crippen molar-refractivity contribution < 1.29 is 21.6 Å². The summed E-state index contributed by atoms with van der Waals surface area (Å²) in [5, 5.41) is 0. The number of nitrogens with two attached hydrogens (primary N) is 1. The molecule has 0 heterocycles. The van der Waals surface area contributed by atoms with Gasteiger partial charge in [-0.15, -0.1) is 0 Å². The molecule has 0 unspecified atom stereocenters. The lowest BCUT2D eigenvalue weighted by atomic mass is 9.93. The quantitative estimate of drug-likeness (QED) is 0.557. The van der Waals surface area contributed by atoms with Crippen LogP contribution in [0.3, 0.4) is 0 Å². The van der Waals surface area contributed by atoms with Crippen LogP contribution in [0.25, 0.3) is 11.1 Å². The number of halogens is 5. The molecule has 0 aliphatic carbocycles. The van der Waals surface area contributed by atoms with Crippen LogP contribution in [0, 0.1) is 13.8 Å². The van der Waals surface area contributed by atoms with Crippen molar-refractivity contribution in [1.29, 1.82) is 0 Å². The average Bonchev–Trinajstić information content (AvgIpc) is 2.48. The van der Waals surface area contributed by atoms with Crippen molar-refractivity contribution in [2.75, 3.05) is 10.5 Å². The van der Waals surface area contributed by atoms with Crippen LogP contribution >= 0.6 is 31.9 Å². The lowest BCUT2D eigenvalue weighted by Gasteiger charge is -2.20. The van der Waals surface area contributed by atoms with Crippen LogP contribution in [0.5, 0.6) is 0 Å². The number of nitrogens with one attached hydrogen (secondary N) is 1. The van der Waals surface area contributed by atoms with E-state index in [0.29, 0.717) is 31.3 Å². The number of hydrogen-bond donors (Lipinski definition) is 2. The number of benzene rings is 2. The van der Waals surface area contributed by atoms with Crippen LogP contribution in [0.15, 0.2) is 33.2 Å². The Morgan fingerprint density at radius 2 is 1.44 bits per heavy atom. The van der Waals surface area contributed by atoms with Gasteiger partial charge in [0.05, 0.1) is 5.69 Å². The smallest absolute Gasteiger partial charge is 0.398 e. The molecular formula is C15H13Br2F3N2O2S. The predicted molar refractivity (Wildman–Crippen MR) is 99.8 cm³/mol. The molecule has 0 saturated heterocycles. The topological polar surface area (TPSA) is 72.2 Å². The van der Waals surface area contributed by atoms with Gasteiger partial charge in [0.2, 0.25) is 0 Å². The van der Waals surface area contributed by atoms with Gasteiger partial charge in [-0.3, -0.25) is 4.72 Å². The molecular weight excluding hydrogens is 489 g/mol. The molecule has 0 bridgehead atoms. The lowest BCUT2D eigenvalue weighted by Crippen LogP contribution is -2.30. The molecule has 0 aromatic heterocycles. The number of alkyl halides is 3. The maximum absolute atomic E-state index is 12.8. The van der Waals surface area contributed by atoms with E-state index in [9.17, 15) is 21.6 Å². The highest BCUT2D eigenvalue weighted by molar-refractivity contribution is 9.10. The zero-order chi connectivity index (χ0) is 19.2. The van der Waals surface area contributed by atoms with Gasteiger partial charge < -0.3 is 5.73 Å². The summed E-state index contributed by atoms with van der Waals surface area (Å²) in [6.45, 7) is 3.39. The summed E-state index contributed by atoms with van der Waals surface area (Å²) in [5.41, 5.74) is 2.66. The normalized spacial score (nSPS) is 12.3. The molecule has 4 nitrogen and oxygen atoms in total. The minimum atomic E-state index is -5.56. The number of anilines is 2. The summed E-state index contributed by atoms with van der Waals surface area (Å²) in [5.74, 6) is 0. The third-order valence-corrected chi connectivity index (χ3v) is 6.45. The van der Waals surface area contributed by atoms with Crippen molar-refractivity contribution in [2.24, 2.45) is 0 Å². The minimum Gasteiger partial charge on any atom is -0.398 e. The van der Waals surface area contributed by atoms with E-state index in [1.54, 1.807) is 30.7 Å². The van der Waals surface area contributed by atoms with Gasteiger partial charge in [-0.05, 0) is 49.2 Å². The molecule has 25 heavy (non-hydrogen) atoms. The number of hydrogen-bond acceptors (Lipinski definition) is 3. The Hall–Kier alpha value is -1.26. The van der Waals surface area contributed by atoms with Gasteiger partial charge in [0.15, 0.2) is 0 Å². The molecule has 0 saturated carbocycles. The lowest BCUT2D eigenvalue weighted by molar-refractivity contribution is -0.0429. The Kier molecular flexibility index (Phi) is 5.46. The third-order valence-electron chi connectivity index (χ3n) is 3.63. The molecule has 0 spiro atoms. The van der Waals surface area contributed by atoms with Gasteiger partial charge in [0.1, 0.15) is 0 Å². The Labute approximate surface area is 159 Å². The predicted octanol–water partition coefficient (Wildman–Crippen LogP) is 5.34. The van der Waals surface area contributed by atoms with Crippen molar-refractivity contribution in [2.45, 2.75) is 19.4 Å². The molecule has 0 aliphatic heterocycles. The Morgan fingerprint density at radius 1 is 0.960 bits per heavy atom. The molecule has 3 N–H and O–H groups in total. The van der Waals surface area contributed by atoms with E-state index in [1.807, 2.05) is 0 Å². The van der Waals surface area contributed by atoms with Gasteiger partial charge in [0, 0.05) is 25.8 Å². The van der Waals surface area contributed by atoms with Crippen LogP contribution in [-0.2, 0) is 10.0 Å². The summed E-state index contributed by atoms with van der Waals surface area (Å²) in [6, 6.07) is 6.03. The maximum Gasteiger partial charge on any atom is 0.516 e. The fraction of sp³-hybridized carbons (Fsp3) is 0.200. The Morgan fingerprint density at radius 3 is 1.96 bits per heavy atom. The zero-order valence-corrected chi connectivity index (χ0v) is 17.0. The minimum absolute atomic E-state index is 0.203. The summed E-state index contributed by atoms with van der Waals surface area (Å²) < 4.78 is 64.3. The third kappa shape index (κ3) is 3.80. The zero-order valence-electron chi connectivity index (χ0n) is 13.0. The maximum atomic E-state index is 12.8. The summed E-state index contributed by atoms with van der Waals surface area (Å²) in [6.07, 6.45) is 0. The molecule has 136 valence electrons. The molecule has 0 amide bonds. The highest BCUT2D eigenvalue weighted by Crippen LogP contribution is 2.43. The fourth-order valence-corrected chi connectivity index (χ4v) is 3.57. The second kappa shape index (κ2) is 6.81. The van der Waals surface area contributed by atoms with E-state index in [1.165, 1.54) is 12.1 Å². The van der Waals surface area contributed by atoms with Crippen molar-refractivity contribution in [3.8, 4) is 11.1 Å². The molecule has 2 aromatic carbocycles. The molecule has 2 rings (SSSR count). The van der Waals surface area contributed by atoms with Crippen LogP contribution in [0.4, 0.5) is 24.5 Å². The second-order valence-electron chi connectivity index (χ2n) is 5.28. The first-order valence-electron chi connectivity index (χ1n) is 6.80. The first-order chi connectivity index (χ1) is 11.4. The highest BCUT2D eigenvalue weighted by atomic mass is 79.9. The SMILES string of the molecule is Cc1c(Br)ccc(N)c1-c1c(NS(=O)(=O)C(F)(F)F)ccc(Br)c1C.